The molecule has 0 aliphatic heterocycles. The number of para-hydroxylation sites is 2. The summed E-state index contributed by atoms with van der Waals surface area (Å²) in [5.74, 6) is 2.62. The molecule has 5 heteroatoms. The van der Waals surface area contributed by atoms with Crippen LogP contribution < -0.4 is 11.0 Å². The monoisotopic (exact) mass is 353 g/mol. The molecule has 1 aromatic carbocycles. The maximum absolute atomic E-state index is 12.6. The highest BCUT2D eigenvalue weighted by Gasteiger charge is 2.50. The Morgan fingerprint density at radius 3 is 2.27 bits per heavy atom. The standard InChI is InChI=1S/C21H27N3O2/c1-23-17-4-2-3-5-18(17)24(20(23)26)12-19(25)22-13-21-9-14-6-15(10-21)8-16(7-14)11-21/h2-5,14-16H,6-13H2,1H3,(H,22,25). The van der Waals surface area contributed by atoms with Gasteiger partial charge in [-0.3, -0.25) is 13.9 Å². The topological polar surface area (TPSA) is 56.0 Å². The second-order valence-corrected chi connectivity index (χ2v) is 9.11. The minimum Gasteiger partial charge on any atom is -0.354 e. The quantitative estimate of drug-likeness (QED) is 0.919. The van der Waals surface area contributed by atoms with E-state index in [0.29, 0.717) is 5.41 Å². The van der Waals surface area contributed by atoms with Crippen LogP contribution in [0.2, 0.25) is 0 Å². The zero-order valence-corrected chi connectivity index (χ0v) is 15.4. The van der Waals surface area contributed by atoms with Crippen molar-refractivity contribution in [2.45, 2.75) is 45.1 Å². The number of amides is 1. The molecule has 0 atom stereocenters. The predicted molar refractivity (Wildman–Crippen MR) is 101 cm³/mol. The second-order valence-electron chi connectivity index (χ2n) is 9.11. The zero-order valence-electron chi connectivity index (χ0n) is 15.4. The summed E-state index contributed by atoms with van der Waals surface area (Å²) in [5, 5.41) is 3.18. The van der Waals surface area contributed by atoms with Crippen LogP contribution in [-0.2, 0) is 18.4 Å². The van der Waals surface area contributed by atoms with Crippen molar-refractivity contribution in [1.82, 2.24) is 14.5 Å². The Kier molecular flexibility index (Phi) is 3.56. The van der Waals surface area contributed by atoms with Crippen molar-refractivity contribution in [3.05, 3.63) is 34.7 Å². The van der Waals surface area contributed by atoms with Gasteiger partial charge in [0.2, 0.25) is 5.91 Å². The summed E-state index contributed by atoms with van der Waals surface area (Å²) in [7, 11) is 1.76. The molecule has 4 saturated carbocycles. The molecule has 2 aromatic rings. The van der Waals surface area contributed by atoms with Crippen molar-refractivity contribution >= 4 is 16.9 Å². The van der Waals surface area contributed by atoms with E-state index in [9.17, 15) is 9.59 Å². The Labute approximate surface area is 153 Å². The lowest BCUT2D eigenvalue weighted by atomic mass is 9.49. The summed E-state index contributed by atoms with van der Waals surface area (Å²) in [6, 6.07) is 7.65. The van der Waals surface area contributed by atoms with E-state index < -0.39 is 0 Å². The van der Waals surface area contributed by atoms with Gasteiger partial charge in [0.25, 0.3) is 0 Å². The van der Waals surface area contributed by atoms with Crippen LogP contribution >= 0.6 is 0 Å². The minimum absolute atomic E-state index is 0.0424. The van der Waals surface area contributed by atoms with E-state index >= 15 is 0 Å². The molecule has 0 saturated heterocycles. The summed E-state index contributed by atoms with van der Waals surface area (Å²) < 4.78 is 3.20. The van der Waals surface area contributed by atoms with Crippen LogP contribution in [0.15, 0.2) is 29.1 Å². The molecule has 4 fully saturated rings. The highest BCUT2D eigenvalue weighted by atomic mass is 16.2. The van der Waals surface area contributed by atoms with Crippen molar-refractivity contribution < 1.29 is 4.79 Å². The van der Waals surface area contributed by atoms with E-state index in [1.165, 1.54) is 38.5 Å². The second kappa shape index (κ2) is 5.73. The minimum atomic E-state index is -0.129. The summed E-state index contributed by atoms with van der Waals surface area (Å²) in [5.41, 5.74) is 1.89. The number of aromatic nitrogens is 2. The Hall–Kier alpha value is -2.04. The summed E-state index contributed by atoms with van der Waals surface area (Å²) in [6.45, 7) is 0.890. The maximum atomic E-state index is 12.6. The van der Waals surface area contributed by atoms with Gasteiger partial charge in [-0.1, -0.05) is 12.1 Å². The van der Waals surface area contributed by atoms with Gasteiger partial charge in [-0.05, 0) is 73.8 Å². The molecule has 1 N–H and O–H groups in total. The molecule has 4 aliphatic carbocycles. The van der Waals surface area contributed by atoms with Gasteiger partial charge in [0, 0.05) is 13.6 Å². The first-order valence-electron chi connectivity index (χ1n) is 9.94. The lowest BCUT2D eigenvalue weighted by Crippen LogP contribution is -2.51. The molecule has 0 unspecified atom stereocenters. The molecular weight excluding hydrogens is 326 g/mol. The smallest absolute Gasteiger partial charge is 0.329 e. The van der Waals surface area contributed by atoms with Gasteiger partial charge in [-0.25, -0.2) is 4.79 Å². The molecule has 6 rings (SSSR count). The molecule has 4 aliphatic rings. The van der Waals surface area contributed by atoms with Crippen LogP contribution in [0.5, 0.6) is 0 Å². The summed E-state index contributed by atoms with van der Waals surface area (Å²) >= 11 is 0. The maximum Gasteiger partial charge on any atom is 0.329 e. The van der Waals surface area contributed by atoms with Gasteiger partial charge in [-0.2, -0.15) is 0 Å². The number of rotatable bonds is 4. The Bertz CT molecular complexity index is 888. The Morgan fingerprint density at radius 2 is 1.65 bits per heavy atom. The van der Waals surface area contributed by atoms with Gasteiger partial charge in [0.15, 0.2) is 0 Å². The van der Waals surface area contributed by atoms with Crippen molar-refractivity contribution in [3.8, 4) is 0 Å². The van der Waals surface area contributed by atoms with E-state index in [1.54, 1.807) is 16.2 Å². The number of carbonyl (C=O) groups is 1. The summed E-state index contributed by atoms with van der Waals surface area (Å²) in [6.07, 6.45) is 8.10. The number of imidazole rings is 1. The number of fused-ring (bicyclic) bond motifs is 1. The van der Waals surface area contributed by atoms with Crippen LogP contribution in [0.3, 0.4) is 0 Å². The average Bonchev–Trinajstić information content (AvgIpc) is 2.84. The largest absolute Gasteiger partial charge is 0.354 e. The third-order valence-corrected chi connectivity index (χ3v) is 7.18. The molecule has 0 radical (unpaired) electrons. The van der Waals surface area contributed by atoms with Crippen LogP contribution in [0.25, 0.3) is 11.0 Å². The first-order chi connectivity index (χ1) is 12.5. The van der Waals surface area contributed by atoms with E-state index in [-0.39, 0.29) is 18.1 Å². The number of hydrogen-bond donors (Lipinski definition) is 1. The molecule has 1 amide bonds. The number of hydrogen-bond acceptors (Lipinski definition) is 2. The van der Waals surface area contributed by atoms with Gasteiger partial charge >= 0.3 is 5.69 Å². The number of nitrogens with zero attached hydrogens (tertiary/aromatic N) is 2. The Balaban J connectivity index is 1.30. The first-order valence-corrected chi connectivity index (χ1v) is 9.94. The van der Waals surface area contributed by atoms with E-state index in [4.69, 9.17) is 0 Å². The van der Waals surface area contributed by atoms with Crippen LogP contribution in [0.4, 0.5) is 0 Å². The summed E-state index contributed by atoms with van der Waals surface area (Å²) in [4.78, 5) is 25.1. The fourth-order valence-electron chi connectivity index (χ4n) is 6.51. The molecule has 5 nitrogen and oxygen atoms in total. The van der Waals surface area contributed by atoms with Crippen LogP contribution in [0, 0.1) is 23.2 Å². The predicted octanol–water partition coefficient (Wildman–Crippen LogP) is 2.67. The first kappa shape index (κ1) is 16.2. The third kappa shape index (κ3) is 2.51. The molecule has 0 spiro atoms. The number of aryl methyl sites for hydroxylation is 1. The van der Waals surface area contributed by atoms with Crippen molar-refractivity contribution in [2.75, 3.05) is 6.54 Å². The number of benzene rings is 1. The van der Waals surface area contributed by atoms with Gasteiger partial charge in [0.1, 0.15) is 6.54 Å². The lowest BCUT2D eigenvalue weighted by Gasteiger charge is -2.56. The lowest BCUT2D eigenvalue weighted by molar-refractivity contribution is -0.123. The molecule has 26 heavy (non-hydrogen) atoms. The molecule has 1 heterocycles. The third-order valence-electron chi connectivity index (χ3n) is 7.18. The zero-order chi connectivity index (χ0) is 17.9. The fraction of sp³-hybridized carbons (Fsp3) is 0.619. The van der Waals surface area contributed by atoms with Crippen molar-refractivity contribution in [1.29, 1.82) is 0 Å². The molecule has 1 aromatic heterocycles. The van der Waals surface area contributed by atoms with Crippen molar-refractivity contribution in [3.63, 3.8) is 0 Å². The van der Waals surface area contributed by atoms with Crippen molar-refractivity contribution in [2.24, 2.45) is 30.2 Å². The van der Waals surface area contributed by atoms with Gasteiger partial charge in [0.05, 0.1) is 11.0 Å². The fourth-order valence-corrected chi connectivity index (χ4v) is 6.51. The average molecular weight is 353 g/mol. The SMILES string of the molecule is Cn1c(=O)n(CC(=O)NCC23CC4CC(CC(C4)C2)C3)c2ccccc21. The molecule has 4 bridgehead atoms. The van der Waals surface area contributed by atoms with Gasteiger partial charge < -0.3 is 5.32 Å². The van der Waals surface area contributed by atoms with E-state index in [2.05, 4.69) is 5.32 Å². The molecular formula is C21H27N3O2. The molecule has 138 valence electrons. The number of carbonyl (C=O) groups excluding carboxylic acids is 1. The Morgan fingerprint density at radius 1 is 1.08 bits per heavy atom. The van der Waals surface area contributed by atoms with Crippen LogP contribution in [-0.4, -0.2) is 21.6 Å². The van der Waals surface area contributed by atoms with Crippen LogP contribution in [0.1, 0.15) is 38.5 Å². The highest BCUT2D eigenvalue weighted by molar-refractivity contribution is 5.80. The van der Waals surface area contributed by atoms with E-state index in [1.807, 2.05) is 24.3 Å². The van der Waals surface area contributed by atoms with E-state index in [0.717, 1.165) is 35.3 Å². The number of nitrogens with one attached hydrogen (secondary N) is 1. The normalized spacial score (nSPS) is 32.3. The van der Waals surface area contributed by atoms with Gasteiger partial charge in [-0.15, -0.1) is 0 Å². The highest BCUT2D eigenvalue weighted by Crippen LogP contribution is 2.59.